The van der Waals surface area contributed by atoms with Crippen molar-refractivity contribution in [3.63, 3.8) is 0 Å². The van der Waals surface area contributed by atoms with Crippen molar-refractivity contribution >= 4 is 36.3 Å². The van der Waals surface area contributed by atoms with Crippen molar-refractivity contribution in [2.75, 3.05) is 5.73 Å². The van der Waals surface area contributed by atoms with E-state index in [-0.39, 0.29) is 36.3 Å². The van der Waals surface area contributed by atoms with E-state index in [1.54, 1.807) is 16.7 Å². The number of imidazole rings is 1. The van der Waals surface area contributed by atoms with Crippen LogP contribution in [0.4, 0.5) is 10.2 Å². The van der Waals surface area contributed by atoms with Crippen LogP contribution in [-0.2, 0) is 0 Å². The molecule has 2 aromatic heterocycles. The molecule has 19 heavy (non-hydrogen) atoms. The van der Waals surface area contributed by atoms with Crippen molar-refractivity contribution in [1.29, 1.82) is 0 Å². The molecule has 0 saturated heterocycles. The first kappa shape index (κ1) is 15.3. The van der Waals surface area contributed by atoms with Gasteiger partial charge in [0.2, 0.25) is 0 Å². The molecular weight excluding hydrogens is 288 g/mol. The first-order valence-electron chi connectivity index (χ1n) is 5.25. The highest BCUT2D eigenvalue weighted by atomic mass is 35.5. The molecule has 3 nitrogen and oxygen atoms in total. The van der Waals surface area contributed by atoms with Crippen molar-refractivity contribution in [1.82, 2.24) is 9.38 Å². The minimum absolute atomic E-state index is 0. The molecule has 0 saturated carbocycles. The second kappa shape index (κ2) is 5.91. The molecule has 0 radical (unpaired) electrons. The smallest absolute Gasteiger partial charge is 0.175 e. The van der Waals surface area contributed by atoms with Crippen molar-refractivity contribution in [2.45, 2.75) is 0 Å². The lowest BCUT2D eigenvalue weighted by atomic mass is 10.1. The maximum absolute atomic E-state index is 13.6. The topological polar surface area (TPSA) is 43.3 Å². The number of fused-ring (bicyclic) bond motifs is 1. The molecule has 2 N–H and O–H groups in total. The Morgan fingerprint density at radius 2 is 1.68 bits per heavy atom. The largest absolute Gasteiger partial charge is 0.383 e. The van der Waals surface area contributed by atoms with Crippen LogP contribution >= 0.6 is 24.8 Å². The number of pyridine rings is 1. The first-order chi connectivity index (χ1) is 8.27. The summed E-state index contributed by atoms with van der Waals surface area (Å²) in [6.45, 7) is 0. The van der Waals surface area contributed by atoms with Gasteiger partial charge in [-0.1, -0.05) is 30.3 Å². The maximum Gasteiger partial charge on any atom is 0.175 e. The third-order valence-corrected chi connectivity index (χ3v) is 2.69. The van der Waals surface area contributed by atoms with Crippen LogP contribution in [0.25, 0.3) is 16.9 Å². The molecule has 0 aliphatic heterocycles. The van der Waals surface area contributed by atoms with Crippen LogP contribution in [-0.4, -0.2) is 9.38 Å². The molecule has 0 fully saturated rings. The van der Waals surface area contributed by atoms with Gasteiger partial charge in [-0.3, -0.25) is 4.40 Å². The van der Waals surface area contributed by atoms with Gasteiger partial charge in [-0.05, 0) is 12.1 Å². The Hall–Kier alpha value is -1.78. The SMILES string of the molecule is Cl.Cl.Nc1c(-c2ccccc2)nc2c(F)cccn12. The van der Waals surface area contributed by atoms with Crippen molar-refractivity contribution in [3.05, 3.63) is 54.5 Å². The number of benzene rings is 1. The van der Waals surface area contributed by atoms with Gasteiger partial charge < -0.3 is 5.73 Å². The standard InChI is InChI=1S/C13H10FN3.2ClH/c14-10-7-4-8-17-12(15)11(16-13(10)17)9-5-2-1-3-6-9;;/h1-8H,15H2;2*1H. The second-order valence-corrected chi connectivity index (χ2v) is 3.76. The van der Waals surface area contributed by atoms with E-state index in [4.69, 9.17) is 5.73 Å². The Kier molecular flexibility index (Phi) is 4.75. The summed E-state index contributed by atoms with van der Waals surface area (Å²) in [6.07, 6.45) is 1.70. The average molecular weight is 300 g/mol. The maximum atomic E-state index is 13.6. The number of rotatable bonds is 1. The Morgan fingerprint density at radius 1 is 1.00 bits per heavy atom. The molecule has 0 amide bonds. The van der Waals surface area contributed by atoms with Crippen LogP contribution in [0.5, 0.6) is 0 Å². The van der Waals surface area contributed by atoms with Gasteiger partial charge in [0, 0.05) is 11.8 Å². The molecule has 0 spiro atoms. The summed E-state index contributed by atoms with van der Waals surface area (Å²) in [5.74, 6) is 0.0760. The fourth-order valence-corrected chi connectivity index (χ4v) is 1.86. The van der Waals surface area contributed by atoms with Gasteiger partial charge in [0.25, 0.3) is 0 Å². The van der Waals surface area contributed by atoms with Crippen molar-refractivity contribution < 1.29 is 4.39 Å². The number of halogens is 3. The number of nitrogens with two attached hydrogens (primary N) is 1. The zero-order chi connectivity index (χ0) is 11.8. The summed E-state index contributed by atoms with van der Waals surface area (Å²) in [5, 5.41) is 0. The van der Waals surface area contributed by atoms with Crippen molar-refractivity contribution in [3.8, 4) is 11.3 Å². The van der Waals surface area contributed by atoms with E-state index in [0.29, 0.717) is 11.5 Å². The van der Waals surface area contributed by atoms with Crippen LogP contribution < -0.4 is 5.73 Å². The highest BCUT2D eigenvalue weighted by molar-refractivity contribution is 5.85. The molecule has 1 aromatic carbocycles. The zero-order valence-corrected chi connectivity index (χ0v) is 11.4. The third kappa shape index (κ3) is 2.50. The van der Waals surface area contributed by atoms with Crippen LogP contribution in [0.2, 0.25) is 0 Å². The van der Waals surface area contributed by atoms with Gasteiger partial charge in [0.1, 0.15) is 11.5 Å². The molecule has 6 heteroatoms. The summed E-state index contributed by atoms with van der Waals surface area (Å²) in [6, 6.07) is 12.5. The van der Waals surface area contributed by atoms with E-state index >= 15 is 0 Å². The number of nitrogens with zero attached hydrogens (tertiary/aromatic N) is 2. The zero-order valence-electron chi connectivity index (χ0n) is 9.79. The van der Waals surface area contributed by atoms with E-state index in [1.807, 2.05) is 30.3 Å². The molecule has 0 aliphatic rings. The fraction of sp³-hybridized carbons (Fsp3) is 0. The summed E-state index contributed by atoms with van der Waals surface area (Å²) < 4.78 is 15.1. The Morgan fingerprint density at radius 3 is 2.32 bits per heavy atom. The van der Waals surface area contributed by atoms with Crippen LogP contribution in [0.15, 0.2) is 48.7 Å². The number of hydrogen-bond donors (Lipinski definition) is 1. The minimum Gasteiger partial charge on any atom is -0.383 e. The predicted molar refractivity (Wildman–Crippen MR) is 79.5 cm³/mol. The Balaban J connectivity index is 0.000000902. The molecule has 3 rings (SSSR count). The first-order valence-corrected chi connectivity index (χ1v) is 5.25. The van der Waals surface area contributed by atoms with Crippen LogP contribution in [0, 0.1) is 5.82 Å². The number of anilines is 1. The van der Waals surface area contributed by atoms with E-state index < -0.39 is 0 Å². The van der Waals surface area contributed by atoms with E-state index in [2.05, 4.69) is 4.98 Å². The van der Waals surface area contributed by atoms with Crippen LogP contribution in [0.1, 0.15) is 0 Å². The second-order valence-electron chi connectivity index (χ2n) is 3.76. The van der Waals surface area contributed by atoms with Gasteiger partial charge in [0.05, 0.1) is 0 Å². The molecule has 0 atom stereocenters. The van der Waals surface area contributed by atoms with Gasteiger partial charge in [-0.15, -0.1) is 24.8 Å². The Labute approximate surface area is 122 Å². The van der Waals surface area contributed by atoms with Gasteiger partial charge in [-0.2, -0.15) is 0 Å². The molecular formula is C13H12Cl2FN3. The molecule has 3 aromatic rings. The quantitative estimate of drug-likeness (QED) is 0.746. The highest BCUT2D eigenvalue weighted by Gasteiger charge is 2.12. The number of hydrogen-bond acceptors (Lipinski definition) is 2. The average Bonchev–Trinajstić information content (AvgIpc) is 2.70. The normalized spacial score (nSPS) is 9.74. The highest BCUT2D eigenvalue weighted by Crippen LogP contribution is 2.26. The van der Waals surface area contributed by atoms with E-state index in [0.717, 1.165) is 5.56 Å². The van der Waals surface area contributed by atoms with Crippen molar-refractivity contribution in [2.24, 2.45) is 0 Å². The lowest BCUT2D eigenvalue weighted by Crippen LogP contribution is -1.94. The molecule has 2 heterocycles. The lowest BCUT2D eigenvalue weighted by Gasteiger charge is -1.98. The summed E-state index contributed by atoms with van der Waals surface area (Å²) in [4.78, 5) is 4.24. The molecule has 0 bridgehead atoms. The van der Waals surface area contributed by atoms with Crippen LogP contribution in [0.3, 0.4) is 0 Å². The molecule has 0 unspecified atom stereocenters. The monoisotopic (exact) mass is 299 g/mol. The number of aromatic nitrogens is 2. The Bertz CT molecular complexity index is 683. The minimum atomic E-state index is -0.374. The lowest BCUT2D eigenvalue weighted by molar-refractivity contribution is 0.630. The fourth-order valence-electron chi connectivity index (χ4n) is 1.86. The van der Waals surface area contributed by atoms with E-state index in [1.165, 1.54) is 6.07 Å². The van der Waals surface area contributed by atoms with E-state index in [9.17, 15) is 4.39 Å². The molecule has 0 aliphatic carbocycles. The van der Waals surface area contributed by atoms with Gasteiger partial charge in [-0.25, -0.2) is 9.37 Å². The third-order valence-electron chi connectivity index (χ3n) is 2.69. The summed E-state index contributed by atoms with van der Waals surface area (Å²) >= 11 is 0. The summed E-state index contributed by atoms with van der Waals surface area (Å²) in [7, 11) is 0. The number of nitrogen functional groups attached to an aromatic ring is 1. The van der Waals surface area contributed by atoms with Gasteiger partial charge >= 0.3 is 0 Å². The summed E-state index contributed by atoms with van der Waals surface area (Å²) in [5.41, 5.74) is 7.72. The predicted octanol–water partition coefficient (Wildman–Crippen LogP) is 3.57. The molecule has 100 valence electrons. The van der Waals surface area contributed by atoms with Gasteiger partial charge in [0.15, 0.2) is 11.5 Å².